The first-order valence-corrected chi connectivity index (χ1v) is 8.91. The molecule has 0 radical (unpaired) electrons. The molecule has 0 spiro atoms. The highest BCUT2D eigenvalue weighted by Gasteiger charge is 2.12. The fraction of sp³-hybridized carbons (Fsp3) is 0.833. The average molecular weight is 315 g/mol. The van der Waals surface area contributed by atoms with Crippen molar-refractivity contribution in [2.24, 2.45) is 4.99 Å². The van der Waals surface area contributed by atoms with Crippen molar-refractivity contribution in [3.8, 4) is 0 Å². The number of halogens is 1. The van der Waals surface area contributed by atoms with Crippen molar-refractivity contribution < 1.29 is 17.3 Å². The molecule has 1 heterocycles. The highest BCUT2D eigenvalue weighted by atomic mass is 35.5. The van der Waals surface area contributed by atoms with E-state index in [1.165, 1.54) is 94.2 Å². The minimum absolute atomic E-state index is 0. The smallest absolute Gasteiger partial charge is 0.205 e. The van der Waals surface area contributed by atoms with E-state index in [0.717, 1.165) is 0 Å². The molecule has 21 heavy (non-hydrogen) atoms. The van der Waals surface area contributed by atoms with Crippen molar-refractivity contribution in [3.05, 3.63) is 12.4 Å². The molecule has 3 heteroatoms. The molecule has 0 saturated carbocycles. The van der Waals surface area contributed by atoms with Gasteiger partial charge in [-0.15, -0.1) is 0 Å². The van der Waals surface area contributed by atoms with Crippen LogP contribution >= 0.6 is 0 Å². The predicted octanol–water partition coefficient (Wildman–Crippen LogP) is 1.48. The van der Waals surface area contributed by atoms with Crippen LogP contribution < -0.4 is 17.3 Å². The molecule has 1 unspecified atom stereocenters. The van der Waals surface area contributed by atoms with Gasteiger partial charge in [0.2, 0.25) is 5.84 Å². The SMILES string of the molecule is CCCCCCCCCCCCCCC1=NC=C[NH+]1C.[Cl-]. The number of hydrogen-bond acceptors (Lipinski definition) is 1. The second-order valence-electron chi connectivity index (χ2n) is 6.21. The molecular weight excluding hydrogens is 280 g/mol. The Morgan fingerprint density at radius 2 is 1.29 bits per heavy atom. The topological polar surface area (TPSA) is 16.8 Å². The van der Waals surface area contributed by atoms with Crippen LogP contribution in [0.5, 0.6) is 0 Å². The Kier molecular flexibility index (Phi) is 14.4. The standard InChI is InChI=1S/C18H34N2.ClH/c1-3-4-5-6-7-8-9-10-11-12-13-14-15-18-19-16-17-20(18)2;/h16-17H,3-15H2,1-2H3;1H. The first-order valence-electron chi connectivity index (χ1n) is 8.91. The summed E-state index contributed by atoms with van der Waals surface area (Å²) >= 11 is 0. The van der Waals surface area contributed by atoms with E-state index in [1.54, 1.807) is 0 Å². The van der Waals surface area contributed by atoms with E-state index in [-0.39, 0.29) is 12.4 Å². The number of rotatable bonds is 13. The third-order valence-corrected chi connectivity index (χ3v) is 4.28. The lowest BCUT2D eigenvalue weighted by Crippen LogP contribution is -3.06. The average Bonchev–Trinajstić information content (AvgIpc) is 2.85. The van der Waals surface area contributed by atoms with Gasteiger partial charge < -0.3 is 12.4 Å². The summed E-state index contributed by atoms with van der Waals surface area (Å²) < 4.78 is 0. The van der Waals surface area contributed by atoms with Crippen molar-refractivity contribution in [1.29, 1.82) is 0 Å². The van der Waals surface area contributed by atoms with Gasteiger partial charge in [-0.2, -0.15) is 0 Å². The van der Waals surface area contributed by atoms with Gasteiger partial charge in [-0.3, -0.25) is 4.90 Å². The van der Waals surface area contributed by atoms with E-state index in [9.17, 15) is 0 Å². The number of nitrogens with one attached hydrogen (secondary N) is 1. The van der Waals surface area contributed by atoms with E-state index in [0.29, 0.717) is 0 Å². The van der Waals surface area contributed by atoms with Gasteiger partial charge in [-0.1, -0.05) is 77.6 Å². The van der Waals surface area contributed by atoms with Gasteiger partial charge in [-0.05, 0) is 6.42 Å². The van der Waals surface area contributed by atoms with Crippen LogP contribution in [0.3, 0.4) is 0 Å². The molecule has 0 amide bonds. The van der Waals surface area contributed by atoms with Crippen LogP contribution in [-0.2, 0) is 0 Å². The number of unbranched alkanes of at least 4 members (excludes halogenated alkanes) is 11. The number of nitrogens with zero attached hydrogens (tertiary/aromatic N) is 1. The van der Waals surface area contributed by atoms with Crippen LogP contribution in [0, 0.1) is 0 Å². The Morgan fingerprint density at radius 1 is 0.810 bits per heavy atom. The van der Waals surface area contributed by atoms with E-state index in [1.807, 2.05) is 6.20 Å². The van der Waals surface area contributed by atoms with Crippen LogP contribution in [-0.4, -0.2) is 12.9 Å². The van der Waals surface area contributed by atoms with Crippen molar-refractivity contribution >= 4 is 5.84 Å². The molecule has 124 valence electrons. The van der Waals surface area contributed by atoms with E-state index in [2.05, 4.69) is 25.2 Å². The fourth-order valence-electron chi connectivity index (χ4n) is 2.83. The Morgan fingerprint density at radius 3 is 1.71 bits per heavy atom. The number of amidine groups is 1. The molecule has 1 N–H and O–H groups in total. The van der Waals surface area contributed by atoms with Crippen molar-refractivity contribution in [2.75, 3.05) is 7.05 Å². The number of quaternary nitrogens is 1. The maximum absolute atomic E-state index is 4.40. The first-order chi connectivity index (χ1) is 9.84. The molecule has 2 nitrogen and oxygen atoms in total. The molecule has 1 rings (SSSR count). The summed E-state index contributed by atoms with van der Waals surface area (Å²) in [6.07, 6.45) is 22.3. The molecule has 1 aliphatic rings. The number of hydrogen-bond donors (Lipinski definition) is 1. The van der Waals surface area contributed by atoms with Gasteiger partial charge in [0.05, 0.1) is 13.2 Å². The Hall–Kier alpha value is -0.340. The van der Waals surface area contributed by atoms with Crippen molar-refractivity contribution in [3.63, 3.8) is 0 Å². The lowest BCUT2D eigenvalue weighted by Gasteiger charge is -2.06. The highest BCUT2D eigenvalue weighted by Crippen LogP contribution is 2.12. The zero-order valence-corrected chi connectivity index (χ0v) is 14.9. The van der Waals surface area contributed by atoms with Gasteiger partial charge in [0, 0.05) is 6.42 Å². The van der Waals surface area contributed by atoms with Crippen molar-refractivity contribution in [1.82, 2.24) is 0 Å². The van der Waals surface area contributed by atoms with Gasteiger partial charge in [0.15, 0.2) is 0 Å². The maximum atomic E-state index is 4.40. The third-order valence-electron chi connectivity index (χ3n) is 4.28. The van der Waals surface area contributed by atoms with E-state index in [4.69, 9.17) is 0 Å². The van der Waals surface area contributed by atoms with Crippen LogP contribution in [0.1, 0.15) is 90.4 Å². The molecular formula is C18H35ClN2. The zero-order valence-electron chi connectivity index (χ0n) is 14.2. The molecule has 0 fully saturated rings. The summed E-state index contributed by atoms with van der Waals surface area (Å²) in [7, 11) is 2.17. The first kappa shape index (κ1) is 20.7. The molecule has 0 aromatic heterocycles. The molecule has 1 atom stereocenters. The fourth-order valence-corrected chi connectivity index (χ4v) is 2.83. The Balaban J connectivity index is 0.00000400. The van der Waals surface area contributed by atoms with Gasteiger partial charge in [0.1, 0.15) is 6.20 Å². The lowest BCUT2D eigenvalue weighted by atomic mass is 10.0. The van der Waals surface area contributed by atoms with Gasteiger partial charge >= 0.3 is 0 Å². The molecule has 0 aromatic carbocycles. The summed E-state index contributed by atoms with van der Waals surface area (Å²) in [6, 6.07) is 0. The quantitative estimate of drug-likeness (QED) is 0.496. The minimum atomic E-state index is 0. The van der Waals surface area contributed by atoms with Crippen LogP contribution in [0.2, 0.25) is 0 Å². The summed E-state index contributed by atoms with van der Waals surface area (Å²) in [5.74, 6) is 1.32. The largest absolute Gasteiger partial charge is 1.00 e. The van der Waals surface area contributed by atoms with Crippen molar-refractivity contribution in [2.45, 2.75) is 90.4 Å². The summed E-state index contributed by atoms with van der Waals surface area (Å²) in [4.78, 5) is 5.77. The highest BCUT2D eigenvalue weighted by molar-refractivity contribution is 5.75. The van der Waals surface area contributed by atoms with E-state index < -0.39 is 0 Å². The summed E-state index contributed by atoms with van der Waals surface area (Å²) in [5.41, 5.74) is 0. The Labute approximate surface area is 138 Å². The lowest BCUT2D eigenvalue weighted by molar-refractivity contribution is -0.719. The minimum Gasteiger partial charge on any atom is -1.00 e. The summed E-state index contributed by atoms with van der Waals surface area (Å²) in [6.45, 7) is 2.29. The summed E-state index contributed by atoms with van der Waals surface area (Å²) in [5, 5.41) is 0. The molecule has 1 aliphatic heterocycles. The molecule has 0 bridgehead atoms. The van der Waals surface area contributed by atoms with Gasteiger partial charge in [0.25, 0.3) is 0 Å². The second-order valence-corrected chi connectivity index (χ2v) is 6.21. The van der Waals surface area contributed by atoms with E-state index >= 15 is 0 Å². The van der Waals surface area contributed by atoms with Gasteiger partial charge in [-0.25, -0.2) is 4.99 Å². The molecule has 0 saturated heterocycles. The monoisotopic (exact) mass is 314 g/mol. The van der Waals surface area contributed by atoms with Crippen LogP contribution in [0.4, 0.5) is 0 Å². The molecule has 0 aromatic rings. The van der Waals surface area contributed by atoms with Crippen LogP contribution in [0.25, 0.3) is 0 Å². The van der Waals surface area contributed by atoms with Crippen LogP contribution in [0.15, 0.2) is 17.4 Å². The zero-order chi connectivity index (χ0) is 14.5. The predicted molar refractivity (Wildman–Crippen MR) is 89.2 cm³/mol. The third kappa shape index (κ3) is 11.0. The normalized spacial score (nSPS) is 16.9. The maximum Gasteiger partial charge on any atom is 0.205 e. The second kappa shape index (κ2) is 14.6. The Bertz CT molecular complexity index is 287. The number of aliphatic imine (C=N–C) groups is 1. The molecule has 0 aliphatic carbocycles.